The predicted molar refractivity (Wildman–Crippen MR) is 163 cm³/mol. The van der Waals surface area contributed by atoms with Crippen LogP contribution in [0.1, 0.15) is 43.4 Å². The van der Waals surface area contributed by atoms with Gasteiger partial charge in [0.2, 0.25) is 11.8 Å². The highest BCUT2D eigenvalue weighted by molar-refractivity contribution is 7.92. The van der Waals surface area contributed by atoms with E-state index in [-0.39, 0.29) is 17.3 Å². The predicted octanol–water partition coefficient (Wildman–Crippen LogP) is 5.49. The van der Waals surface area contributed by atoms with Crippen molar-refractivity contribution in [2.75, 3.05) is 24.5 Å². The third kappa shape index (κ3) is 8.01. The number of carbonyl (C=O) groups is 2. The molecule has 41 heavy (non-hydrogen) atoms. The summed E-state index contributed by atoms with van der Waals surface area (Å²) in [4.78, 5) is 28.8. The maximum atomic E-state index is 14.1. The molecule has 0 aliphatic rings. The minimum Gasteiger partial charge on any atom is -0.497 e. The summed E-state index contributed by atoms with van der Waals surface area (Å²) in [6, 6.07) is 17.7. The maximum absolute atomic E-state index is 14.1. The molecule has 10 heteroatoms. The highest BCUT2D eigenvalue weighted by atomic mass is 35.5. The minimum absolute atomic E-state index is 0.0460. The summed E-state index contributed by atoms with van der Waals surface area (Å²) < 4.78 is 34.4. The molecule has 0 bridgehead atoms. The Kier molecular flexibility index (Phi) is 11.2. The Hall–Kier alpha value is -3.56. The molecular weight excluding hydrogens is 562 g/mol. The molecule has 1 atom stereocenters. The van der Waals surface area contributed by atoms with E-state index in [4.69, 9.17) is 16.3 Å². The molecule has 0 heterocycles. The minimum atomic E-state index is -4.18. The van der Waals surface area contributed by atoms with Crippen LogP contribution in [0.2, 0.25) is 5.02 Å². The highest BCUT2D eigenvalue weighted by Crippen LogP contribution is 2.30. The first kappa shape index (κ1) is 32.0. The summed E-state index contributed by atoms with van der Waals surface area (Å²) in [6.07, 6.45) is 1.09. The first-order valence-electron chi connectivity index (χ1n) is 13.6. The van der Waals surface area contributed by atoms with Crippen molar-refractivity contribution in [3.05, 3.63) is 88.4 Å². The van der Waals surface area contributed by atoms with Gasteiger partial charge in [0.15, 0.2) is 0 Å². The Labute approximate surface area is 248 Å². The molecule has 3 aromatic carbocycles. The second-order valence-corrected chi connectivity index (χ2v) is 12.1. The van der Waals surface area contributed by atoms with E-state index in [2.05, 4.69) is 5.32 Å². The zero-order valence-corrected chi connectivity index (χ0v) is 25.8. The Bertz CT molecular complexity index is 1440. The average molecular weight is 600 g/mol. The first-order valence-corrected chi connectivity index (χ1v) is 15.4. The molecule has 1 unspecified atom stereocenters. The number of ether oxygens (including phenoxy) is 1. The van der Waals surface area contributed by atoms with Crippen molar-refractivity contribution >= 4 is 39.1 Å². The zero-order chi connectivity index (χ0) is 30.2. The van der Waals surface area contributed by atoms with E-state index in [1.165, 1.54) is 23.1 Å². The molecular formula is C31H38ClN3O5S. The number of aryl methyl sites for hydroxylation is 2. The van der Waals surface area contributed by atoms with Crippen LogP contribution in [-0.2, 0) is 26.2 Å². The van der Waals surface area contributed by atoms with E-state index in [9.17, 15) is 18.0 Å². The van der Waals surface area contributed by atoms with Gasteiger partial charge in [-0.1, -0.05) is 61.3 Å². The van der Waals surface area contributed by atoms with Crippen LogP contribution in [-0.4, -0.2) is 51.4 Å². The normalized spacial score (nSPS) is 12.0. The monoisotopic (exact) mass is 599 g/mol. The molecule has 0 spiro atoms. The molecule has 0 fully saturated rings. The lowest BCUT2D eigenvalue weighted by Crippen LogP contribution is -2.52. The number of nitrogens with one attached hydrogen (secondary N) is 1. The number of anilines is 1. The van der Waals surface area contributed by atoms with Crippen molar-refractivity contribution in [2.45, 2.75) is 58.0 Å². The van der Waals surface area contributed by atoms with Crippen LogP contribution < -0.4 is 14.4 Å². The van der Waals surface area contributed by atoms with Gasteiger partial charge in [0.05, 0.1) is 17.7 Å². The summed E-state index contributed by atoms with van der Waals surface area (Å²) >= 11 is 6.29. The smallest absolute Gasteiger partial charge is 0.264 e. The van der Waals surface area contributed by atoms with Gasteiger partial charge in [-0.05, 0) is 74.2 Å². The summed E-state index contributed by atoms with van der Waals surface area (Å²) in [6.45, 7) is 7.45. The number of amides is 2. The number of hydrogen-bond acceptors (Lipinski definition) is 5. The van der Waals surface area contributed by atoms with E-state index in [1.54, 1.807) is 50.4 Å². The van der Waals surface area contributed by atoms with E-state index < -0.39 is 28.5 Å². The largest absolute Gasteiger partial charge is 0.497 e. The second-order valence-electron chi connectivity index (χ2n) is 9.84. The Morgan fingerprint density at radius 1 is 0.976 bits per heavy atom. The van der Waals surface area contributed by atoms with Crippen LogP contribution in [0.4, 0.5) is 5.69 Å². The summed E-state index contributed by atoms with van der Waals surface area (Å²) in [5, 5.41) is 3.22. The molecule has 0 saturated heterocycles. The van der Waals surface area contributed by atoms with Crippen molar-refractivity contribution in [3.8, 4) is 5.75 Å². The third-order valence-electron chi connectivity index (χ3n) is 6.77. The van der Waals surface area contributed by atoms with Crippen LogP contribution in [0.3, 0.4) is 0 Å². The van der Waals surface area contributed by atoms with Crippen LogP contribution in [0.5, 0.6) is 5.75 Å². The Morgan fingerprint density at radius 3 is 2.22 bits per heavy atom. The van der Waals surface area contributed by atoms with Gasteiger partial charge in [0.25, 0.3) is 10.0 Å². The molecule has 0 aromatic heterocycles. The van der Waals surface area contributed by atoms with Crippen molar-refractivity contribution in [1.29, 1.82) is 0 Å². The SMILES string of the molecule is CCCNC(=O)C(CC)N(Cc1ccc(OC)cc1)C(=O)CN(c1cc(Cl)ccc1C)S(=O)(=O)c1ccc(C)cc1. The Morgan fingerprint density at radius 2 is 1.63 bits per heavy atom. The van der Waals surface area contributed by atoms with Crippen LogP contribution in [0, 0.1) is 13.8 Å². The van der Waals surface area contributed by atoms with E-state index >= 15 is 0 Å². The number of halogens is 1. The molecule has 0 radical (unpaired) electrons. The van der Waals surface area contributed by atoms with Crippen LogP contribution in [0.25, 0.3) is 0 Å². The summed E-state index contributed by atoms with van der Waals surface area (Å²) in [5.74, 6) is -0.149. The quantitative estimate of drug-likeness (QED) is 0.280. The summed E-state index contributed by atoms with van der Waals surface area (Å²) in [5.41, 5.74) is 2.60. The van der Waals surface area contributed by atoms with Crippen LogP contribution >= 0.6 is 11.6 Å². The highest BCUT2D eigenvalue weighted by Gasteiger charge is 2.34. The molecule has 0 saturated carbocycles. The molecule has 0 aliphatic heterocycles. The summed E-state index contributed by atoms with van der Waals surface area (Å²) in [7, 11) is -2.61. The van der Waals surface area contributed by atoms with E-state index in [1.807, 2.05) is 32.9 Å². The molecule has 1 N–H and O–H groups in total. The number of sulfonamides is 1. The maximum Gasteiger partial charge on any atom is 0.264 e. The van der Waals surface area contributed by atoms with Gasteiger partial charge in [0, 0.05) is 18.1 Å². The molecule has 3 aromatic rings. The number of benzene rings is 3. The molecule has 220 valence electrons. The Balaban J connectivity index is 2.08. The number of carbonyl (C=O) groups excluding carboxylic acids is 2. The van der Waals surface area contributed by atoms with Gasteiger partial charge in [-0.15, -0.1) is 0 Å². The number of methoxy groups -OCH3 is 1. The standard InChI is InChI=1S/C31H38ClN3O5S/c1-6-18-33-31(37)28(7-2)34(20-24-11-14-26(40-5)15-12-24)30(36)21-35(29-19-25(32)13-10-23(29)4)41(38,39)27-16-8-22(3)9-17-27/h8-17,19,28H,6-7,18,20-21H2,1-5H3,(H,33,37). The van der Waals surface area contributed by atoms with Crippen molar-refractivity contribution in [1.82, 2.24) is 10.2 Å². The van der Waals surface area contributed by atoms with Gasteiger partial charge < -0.3 is 15.0 Å². The second kappa shape index (κ2) is 14.4. The molecule has 8 nitrogen and oxygen atoms in total. The van der Waals surface area contributed by atoms with Crippen molar-refractivity contribution < 1.29 is 22.7 Å². The van der Waals surface area contributed by atoms with Crippen LogP contribution in [0.15, 0.2) is 71.6 Å². The fraction of sp³-hybridized carbons (Fsp3) is 0.355. The van der Waals surface area contributed by atoms with Gasteiger partial charge in [-0.3, -0.25) is 13.9 Å². The fourth-order valence-electron chi connectivity index (χ4n) is 4.42. The van der Waals surface area contributed by atoms with Gasteiger partial charge in [-0.25, -0.2) is 8.42 Å². The third-order valence-corrected chi connectivity index (χ3v) is 8.78. The molecule has 3 rings (SSSR count). The zero-order valence-electron chi connectivity index (χ0n) is 24.2. The number of hydrogen-bond donors (Lipinski definition) is 1. The van der Waals surface area contributed by atoms with E-state index in [0.717, 1.165) is 21.9 Å². The molecule has 0 aliphatic carbocycles. The first-order chi connectivity index (χ1) is 19.5. The topological polar surface area (TPSA) is 96.0 Å². The molecule has 2 amide bonds. The average Bonchev–Trinajstić information content (AvgIpc) is 2.96. The number of rotatable bonds is 13. The van der Waals surface area contributed by atoms with Gasteiger partial charge in [-0.2, -0.15) is 0 Å². The lowest BCUT2D eigenvalue weighted by atomic mass is 10.1. The van der Waals surface area contributed by atoms with Gasteiger partial charge in [0.1, 0.15) is 18.3 Å². The van der Waals surface area contributed by atoms with Crippen molar-refractivity contribution in [3.63, 3.8) is 0 Å². The fourth-order valence-corrected chi connectivity index (χ4v) is 6.05. The number of nitrogens with zero attached hydrogens (tertiary/aromatic N) is 2. The van der Waals surface area contributed by atoms with Crippen molar-refractivity contribution in [2.24, 2.45) is 0 Å². The lowest BCUT2D eigenvalue weighted by molar-refractivity contribution is -0.140. The lowest BCUT2D eigenvalue weighted by Gasteiger charge is -2.33. The van der Waals surface area contributed by atoms with Gasteiger partial charge >= 0.3 is 0 Å². The van der Waals surface area contributed by atoms with E-state index in [0.29, 0.717) is 35.0 Å².